The zero-order valence-electron chi connectivity index (χ0n) is 7.83. The van der Waals surface area contributed by atoms with Gasteiger partial charge in [-0.2, -0.15) is 0 Å². The lowest BCUT2D eigenvalue weighted by Crippen LogP contribution is -1.79. The van der Waals surface area contributed by atoms with Crippen molar-refractivity contribution in [2.24, 2.45) is 0 Å². The van der Waals surface area contributed by atoms with E-state index in [1.165, 1.54) is 10.8 Å². The summed E-state index contributed by atoms with van der Waals surface area (Å²) in [6, 6.07) is 10.3. The molecule has 0 saturated carbocycles. The van der Waals surface area contributed by atoms with Crippen LogP contribution in [0.4, 0.5) is 0 Å². The van der Waals surface area contributed by atoms with Crippen LogP contribution in [-0.4, -0.2) is 4.98 Å². The molecule has 0 aliphatic carbocycles. The van der Waals surface area contributed by atoms with E-state index in [1.807, 2.05) is 25.3 Å². The zero-order valence-corrected chi connectivity index (χ0v) is 7.83. The number of rotatable bonds is 0. The van der Waals surface area contributed by atoms with Gasteiger partial charge < -0.3 is 0 Å². The topological polar surface area (TPSA) is 12.9 Å². The first kappa shape index (κ1) is 9.46. The van der Waals surface area contributed by atoms with Gasteiger partial charge in [0.15, 0.2) is 0 Å². The van der Waals surface area contributed by atoms with Crippen molar-refractivity contribution < 1.29 is 0 Å². The summed E-state index contributed by atoms with van der Waals surface area (Å²) in [6.45, 7) is 8.01. The Labute approximate surface area is 78.7 Å². The van der Waals surface area contributed by atoms with Crippen molar-refractivity contribution in [1.82, 2.24) is 4.98 Å². The minimum Gasteiger partial charge on any atom is -0.261 e. The molecule has 0 saturated heterocycles. The molecule has 0 N–H and O–H groups in total. The summed E-state index contributed by atoms with van der Waals surface area (Å²) in [5.74, 6) is 0. The van der Waals surface area contributed by atoms with Crippen LogP contribution in [0.15, 0.2) is 49.7 Å². The van der Waals surface area contributed by atoms with Gasteiger partial charge in [0.1, 0.15) is 0 Å². The molecule has 13 heavy (non-hydrogen) atoms. The first-order chi connectivity index (χ1) is 6.36. The molecule has 2 rings (SSSR count). The predicted octanol–water partition coefficient (Wildman–Crippen LogP) is 3.35. The average molecular weight is 171 g/mol. The molecule has 2 aromatic rings. The summed E-state index contributed by atoms with van der Waals surface area (Å²) in [5.41, 5.74) is 1.07. The van der Waals surface area contributed by atoms with Crippen molar-refractivity contribution in [3.8, 4) is 0 Å². The third-order valence-corrected chi connectivity index (χ3v) is 1.77. The maximum Gasteiger partial charge on any atom is 0.0379 e. The molecule has 0 amide bonds. The number of aryl methyl sites for hydroxylation is 1. The van der Waals surface area contributed by atoms with Crippen LogP contribution in [0.2, 0.25) is 0 Å². The molecule has 0 aliphatic heterocycles. The van der Waals surface area contributed by atoms with Crippen LogP contribution in [-0.2, 0) is 0 Å². The first-order valence-corrected chi connectivity index (χ1v) is 4.18. The minimum atomic E-state index is 1.07. The number of aromatic nitrogens is 1. The highest BCUT2D eigenvalue weighted by Gasteiger charge is 1.90. The lowest BCUT2D eigenvalue weighted by molar-refractivity contribution is 1.22. The lowest BCUT2D eigenvalue weighted by atomic mass is 10.1. The lowest BCUT2D eigenvalue weighted by Gasteiger charge is -1.96. The second kappa shape index (κ2) is 4.41. The van der Waals surface area contributed by atoms with Crippen LogP contribution in [0.3, 0.4) is 0 Å². The second-order valence-electron chi connectivity index (χ2n) is 2.67. The van der Waals surface area contributed by atoms with Gasteiger partial charge >= 0.3 is 0 Å². The van der Waals surface area contributed by atoms with E-state index in [4.69, 9.17) is 0 Å². The molecule has 0 spiro atoms. The summed E-state index contributed by atoms with van der Waals surface area (Å²) in [5, 5.41) is 2.47. The van der Waals surface area contributed by atoms with E-state index in [-0.39, 0.29) is 0 Å². The Balaban J connectivity index is 0.000000396. The molecule has 1 heteroatoms. The van der Waals surface area contributed by atoms with Crippen molar-refractivity contribution in [2.45, 2.75) is 6.92 Å². The van der Waals surface area contributed by atoms with Gasteiger partial charge in [-0.15, -0.1) is 13.2 Å². The molecule has 0 radical (unpaired) electrons. The Morgan fingerprint density at radius 1 is 1.08 bits per heavy atom. The van der Waals surface area contributed by atoms with E-state index < -0.39 is 0 Å². The zero-order chi connectivity index (χ0) is 9.68. The second-order valence-corrected chi connectivity index (χ2v) is 2.67. The first-order valence-electron chi connectivity index (χ1n) is 4.18. The van der Waals surface area contributed by atoms with Crippen LogP contribution < -0.4 is 0 Å². The number of fused-ring (bicyclic) bond motifs is 1. The van der Waals surface area contributed by atoms with Crippen LogP contribution in [0.1, 0.15) is 5.69 Å². The quantitative estimate of drug-likeness (QED) is 0.554. The van der Waals surface area contributed by atoms with Crippen molar-refractivity contribution in [1.29, 1.82) is 0 Å². The number of hydrogen-bond acceptors (Lipinski definition) is 1. The van der Waals surface area contributed by atoms with Crippen LogP contribution in [0.25, 0.3) is 10.8 Å². The fraction of sp³-hybridized carbons (Fsp3) is 0.0833. The van der Waals surface area contributed by atoms with Gasteiger partial charge in [-0.1, -0.05) is 24.3 Å². The molecule has 1 nitrogen and oxygen atoms in total. The molecular formula is C12H13N. The highest BCUT2D eigenvalue weighted by atomic mass is 14.6. The van der Waals surface area contributed by atoms with Crippen molar-refractivity contribution in [2.75, 3.05) is 0 Å². The molecule has 0 aliphatic rings. The fourth-order valence-electron chi connectivity index (χ4n) is 1.19. The van der Waals surface area contributed by atoms with E-state index in [0.29, 0.717) is 0 Å². The van der Waals surface area contributed by atoms with Crippen molar-refractivity contribution >= 4 is 10.8 Å². The van der Waals surface area contributed by atoms with Gasteiger partial charge in [-0.3, -0.25) is 4.98 Å². The van der Waals surface area contributed by atoms with Gasteiger partial charge in [0, 0.05) is 17.3 Å². The van der Waals surface area contributed by atoms with Crippen LogP contribution >= 0.6 is 0 Å². The maximum absolute atomic E-state index is 4.21. The third-order valence-electron chi connectivity index (χ3n) is 1.77. The van der Waals surface area contributed by atoms with E-state index in [1.54, 1.807) is 0 Å². The summed E-state index contributed by atoms with van der Waals surface area (Å²) >= 11 is 0. The van der Waals surface area contributed by atoms with E-state index in [2.05, 4.69) is 36.3 Å². The molecule has 1 heterocycles. The Kier molecular flexibility index (Phi) is 3.21. The fourth-order valence-corrected chi connectivity index (χ4v) is 1.19. The molecule has 0 atom stereocenters. The normalized spacial score (nSPS) is 9.00. The molecule has 1 aromatic carbocycles. The third kappa shape index (κ3) is 2.15. The molecular weight excluding hydrogens is 158 g/mol. The number of hydrogen-bond donors (Lipinski definition) is 0. The molecule has 0 fully saturated rings. The average Bonchev–Trinajstić information content (AvgIpc) is 2.21. The highest BCUT2D eigenvalue weighted by Crippen LogP contribution is 2.12. The molecule has 66 valence electrons. The van der Waals surface area contributed by atoms with E-state index >= 15 is 0 Å². The van der Waals surface area contributed by atoms with E-state index in [9.17, 15) is 0 Å². The Morgan fingerprint density at radius 2 is 1.69 bits per heavy atom. The highest BCUT2D eigenvalue weighted by molar-refractivity contribution is 5.81. The summed E-state index contributed by atoms with van der Waals surface area (Å²) in [6.07, 6.45) is 1.91. The van der Waals surface area contributed by atoms with Crippen LogP contribution in [0, 0.1) is 6.92 Å². The molecule has 1 aromatic heterocycles. The summed E-state index contributed by atoms with van der Waals surface area (Å²) in [7, 11) is 0. The molecule has 0 unspecified atom stereocenters. The Bertz CT molecular complexity index is 393. The van der Waals surface area contributed by atoms with Gasteiger partial charge in [0.05, 0.1) is 0 Å². The monoisotopic (exact) mass is 171 g/mol. The number of pyridine rings is 1. The standard InChI is InChI=1S/C10H9N.C2H4/c1-8-6-9-4-2-3-5-10(9)7-11-8;1-2/h2-7H,1H3;1-2H2. The Hall–Kier alpha value is -1.63. The summed E-state index contributed by atoms with van der Waals surface area (Å²) in [4.78, 5) is 4.21. The number of benzene rings is 1. The molecule has 0 bridgehead atoms. The minimum absolute atomic E-state index is 1.07. The number of nitrogens with zero attached hydrogens (tertiary/aromatic N) is 1. The predicted molar refractivity (Wildman–Crippen MR) is 57.7 cm³/mol. The van der Waals surface area contributed by atoms with Gasteiger partial charge in [0.2, 0.25) is 0 Å². The van der Waals surface area contributed by atoms with Crippen molar-refractivity contribution in [3.63, 3.8) is 0 Å². The summed E-state index contributed by atoms with van der Waals surface area (Å²) < 4.78 is 0. The van der Waals surface area contributed by atoms with E-state index in [0.717, 1.165) is 5.69 Å². The largest absolute Gasteiger partial charge is 0.261 e. The Morgan fingerprint density at radius 3 is 2.38 bits per heavy atom. The smallest absolute Gasteiger partial charge is 0.0379 e. The SMILES string of the molecule is C=C.Cc1cc2ccccc2cn1. The van der Waals surface area contributed by atoms with Gasteiger partial charge in [-0.25, -0.2) is 0 Å². The maximum atomic E-state index is 4.21. The van der Waals surface area contributed by atoms with Gasteiger partial charge in [-0.05, 0) is 18.4 Å². The van der Waals surface area contributed by atoms with Crippen LogP contribution in [0.5, 0.6) is 0 Å². The van der Waals surface area contributed by atoms with Crippen molar-refractivity contribution in [3.05, 3.63) is 55.4 Å². The van der Waals surface area contributed by atoms with Gasteiger partial charge in [0.25, 0.3) is 0 Å².